The maximum Gasteiger partial charge on any atom is 0.258 e. The van der Waals surface area contributed by atoms with Crippen LogP contribution in [0.15, 0.2) is 26.8 Å². The highest BCUT2D eigenvalue weighted by Gasteiger charge is 2.16. The van der Waals surface area contributed by atoms with Gasteiger partial charge in [-0.05, 0) is 27.4 Å². The number of thiophene rings is 2. The quantitative estimate of drug-likeness (QED) is 0.739. The number of nitrogens with zero attached hydrogens (tertiary/aromatic N) is 2. The number of nitrogen functional groups attached to an aromatic ring is 1. The number of hydrogen-bond donors (Lipinski definition) is 2. The van der Waals surface area contributed by atoms with Crippen LogP contribution >= 0.6 is 38.6 Å². The Morgan fingerprint density at radius 2 is 2.26 bits per heavy atom. The molecular formula is C11H7BrN4OS2. The van der Waals surface area contributed by atoms with Crippen molar-refractivity contribution in [2.75, 3.05) is 11.1 Å². The molecule has 0 spiro atoms. The fraction of sp³-hybridized carbons (Fsp3) is 0. The number of aromatic nitrogens is 2. The third kappa shape index (κ3) is 2.34. The van der Waals surface area contributed by atoms with Gasteiger partial charge >= 0.3 is 0 Å². The highest BCUT2D eigenvalue weighted by molar-refractivity contribution is 9.11. The normalized spacial score (nSPS) is 10.8. The molecule has 96 valence electrons. The van der Waals surface area contributed by atoms with E-state index >= 15 is 0 Å². The largest absolute Gasteiger partial charge is 0.382 e. The summed E-state index contributed by atoms with van der Waals surface area (Å²) in [6, 6.07) is 1.83. The van der Waals surface area contributed by atoms with Crippen LogP contribution in [0.1, 0.15) is 10.4 Å². The summed E-state index contributed by atoms with van der Waals surface area (Å²) in [7, 11) is 0. The van der Waals surface area contributed by atoms with E-state index in [1.54, 1.807) is 5.38 Å². The first kappa shape index (κ1) is 12.5. The fourth-order valence-electron chi connectivity index (χ4n) is 1.56. The number of amides is 1. The summed E-state index contributed by atoms with van der Waals surface area (Å²) in [6.45, 7) is 0. The van der Waals surface area contributed by atoms with Crippen LogP contribution in [-0.2, 0) is 0 Å². The van der Waals surface area contributed by atoms with Gasteiger partial charge in [0.05, 0.1) is 21.2 Å². The maximum atomic E-state index is 12.2. The van der Waals surface area contributed by atoms with Crippen molar-refractivity contribution >= 4 is 66.4 Å². The predicted molar refractivity (Wildman–Crippen MR) is 81.8 cm³/mol. The standard InChI is InChI=1S/C11H7BrN4OS2/c12-9-6(1-2-18-9)15-10(17)5-4-19-11-8(5)16-7(13)3-14-11/h1-4H,(H2,13,16)(H,15,17). The third-order valence-electron chi connectivity index (χ3n) is 2.41. The minimum absolute atomic E-state index is 0.217. The van der Waals surface area contributed by atoms with Crippen LogP contribution in [0.3, 0.4) is 0 Å². The minimum Gasteiger partial charge on any atom is -0.382 e. The molecule has 3 aromatic heterocycles. The number of halogens is 1. The van der Waals surface area contributed by atoms with Crippen LogP contribution < -0.4 is 11.1 Å². The van der Waals surface area contributed by atoms with E-state index in [9.17, 15) is 4.79 Å². The SMILES string of the molecule is Nc1cnc2scc(C(=O)Nc3ccsc3Br)c2n1. The van der Waals surface area contributed by atoms with Gasteiger partial charge in [0.25, 0.3) is 5.91 Å². The molecule has 3 aromatic rings. The summed E-state index contributed by atoms with van der Waals surface area (Å²) in [6.07, 6.45) is 1.48. The van der Waals surface area contributed by atoms with Gasteiger partial charge in [0, 0.05) is 5.38 Å². The van der Waals surface area contributed by atoms with E-state index < -0.39 is 0 Å². The molecule has 5 nitrogen and oxygen atoms in total. The second-order valence-corrected chi connectivity index (χ2v) is 6.75. The molecule has 8 heteroatoms. The average molecular weight is 355 g/mol. The summed E-state index contributed by atoms with van der Waals surface area (Å²) in [5.74, 6) is 0.0851. The highest BCUT2D eigenvalue weighted by atomic mass is 79.9. The van der Waals surface area contributed by atoms with Crippen molar-refractivity contribution in [2.24, 2.45) is 0 Å². The van der Waals surface area contributed by atoms with Gasteiger partial charge < -0.3 is 11.1 Å². The van der Waals surface area contributed by atoms with Crippen LogP contribution in [0.2, 0.25) is 0 Å². The lowest BCUT2D eigenvalue weighted by Gasteiger charge is -2.02. The molecule has 0 aliphatic heterocycles. The van der Waals surface area contributed by atoms with E-state index in [0.717, 1.165) is 9.47 Å². The van der Waals surface area contributed by atoms with Crippen molar-refractivity contribution in [3.63, 3.8) is 0 Å². The number of anilines is 2. The van der Waals surface area contributed by atoms with E-state index in [1.807, 2.05) is 11.4 Å². The second kappa shape index (κ2) is 4.87. The molecule has 0 saturated heterocycles. The molecule has 3 rings (SSSR count). The van der Waals surface area contributed by atoms with Crippen LogP contribution in [-0.4, -0.2) is 15.9 Å². The van der Waals surface area contributed by atoms with Crippen molar-refractivity contribution in [3.8, 4) is 0 Å². The van der Waals surface area contributed by atoms with Crippen LogP contribution in [0.4, 0.5) is 11.5 Å². The molecule has 0 aliphatic carbocycles. The first-order valence-electron chi connectivity index (χ1n) is 5.19. The minimum atomic E-state index is -0.217. The van der Waals surface area contributed by atoms with Gasteiger partial charge in [-0.2, -0.15) is 0 Å². The molecule has 0 saturated carbocycles. The summed E-state index contributed by atoms with van der Waals surface area (Å²) < 4.78 is 0.881. The summed E-state index contributed by atoms with van der Waals surface area (Å²) in [4.78, 5) is 21.2. The Morgan fingerprint density at radius 3 is 3.00 bits per heavy atom. The van der Waals surface area contributed by atoms with Gasteiger partial charge in [-0.3, -0.25) is 4.79 Å². The van der Waals surface area contributed by atoms with E-state index in [1.165, 1.54) is 28.9 Å². The van der Waals surface area contributed by atoms with E-state index in [4.69, 9.17) is 5.73 Å². The number of fused-ring (bicyclic) bond motifs is 1. The summed E-state index contributed by atoms with van der Waals surface area (Å²) >= 11 is 6.25. The van der Waals surface area contributed by atoms with Gasteiger partial charge in [0.15, 0.2) is 0 Å². The Hall–Kier alpha value is -1.51. The van der Waals surface area contributed by atoms with Crippen LogP contribution in [0.25, 0.3) is 10.3 Å². The zero-order valence-corrected chi connectivity index (χ0v) is 12.6. The number of nitrogens with two attached hydrogens (primary N) is 1. The van der Waals surface area contributed by atoms with Crippen LogP contribution in [0, 0.1) is 0 Å². The zero-order valence-electron chi connectivity index (χ0n) is 9.38. The number of carbonyl (C=O) groups excluding carboxylic acids is 1. The molecule has 0 bridgehead atoms. The number of nitrogens with one attached hydrogen (secondary N) is 1. The molecular weight excluding hydrogens is 348 g/mol. The first-order chi connectivity index (χ1) is 9.15. The second-order valence-electron chi connectivity index (χ2n) is 3.66. The first-order valence-corrected chi connectivity index (χ1v) is 7.74. The topological polar surface area (TPSA) is 80.9 Å². The Balaban J connectivity index is 1.98. The number of carbonyl (C=O) groups is 1. The van der Waals surface area contributed by atoms with Crippen molar-refractivity contribution in [2.45, 2.75) is 0 Å². The lowest BCUT2D eigenvalue weighted by Crippen LogP contribution is -2.11. The van der Waals surface area contributed by atoms with Gasteiger partial charge in [-0.15, -0.1) is 22.7 Å². The van der Waals surface area contributed by atoms with Crippen molar-refractivity contribution in [1.29, 1.82) is 0 Å². The molecule has 0 radical (unpaired) electrons. The summed E-state index contributed by atoms with van der Waals surface area (Å²) in [5, 5.41) is 6.45. The lowest BCUT2D eigenvalue weighted by atomic mass is 10.3. The molecule has 0 fully saturated rings. The van der Waals surface area contributed by atoms with Gasteiger partial charge in [-0.1, -0.05) is 0 Å². The lowest BCUT2D eigenvalue weighted by molar-refractivity contribution is 0.102. The molecule has 3 heterocycles. The molecule has 0 unspecified atom stereocenters. The molecule has 1 amide bonds. The van der Waals surface area contributed by atoms with E-state index in [0.29, 0.717) is 21.7 Å². The monoisotopic (exact) mass is 354 g/mol. The van der Waals surface area contributed by atoms with E-state index in [-0.39, 0.29) is 5.91 Å². The van der Waals surface area contributed by atoms with Gasteiger partial charge in [-0.25, -0.2) is 9.97 Å². The Kier molecular flexibility index (Phi) is 3.21. The molecule has 3 N–H and O–H groups in total. The highest BCUT2D eigenvalue weighted by Crippen LogP contribution is 2.30. The molecule has 0 aromatic carbocycles. The fourth-order valence-corrected chi connectivity index (χ4v) is 3.51. The van der Waals surface area contributed by atoms with Gasteiger partial charge in [0.1, 0.15) is 16.2 Å². The number of rotatable bonds is 2. The Morgan fingerprint density at radius 1 is 1.42 bits per heavy atom. The predicted octanol–water partition coefficient (Wildman–Crippen LogP) is 3.35. The number of hydrogen-bond acceptors (Lipinski definition) is 6. The molecule has 0 aliphatic rings. The van der Waals surface area contributed by atoms with E-state index in [2.05, 4.69) is 31.2 Å². The summed E-state index contributed by atoms with van der Waals surface area (Å²) in [5.41, 5.74) is 7.37. The maximum absolute atomic E-state index is 12.2. The Bertz CT molecular complexity index is 767. The smallest absolute Gasteiger partial charge is 0.258 e. The zero-order chi connectivity index (χ0) is 13.4. The third-order valence-corrected chi connectivity index (χ3v) is 4.97. The molecule has 19 heavy (non-hydrogen) atoms. The Labute approximate surface area is 124 Å². The van der Waals surface area contributed by atoms with Crippen molar-refractivity contribution in [3.05, 3.63) is 32.4 Å². The molecule has 0 atom stereocenters. The average Bonchev–Trinajstić information content (AvgIpc) is 2.96. The van der Waals surface area contributed by atoms with Crippen molar-refractivity contribution < 1.29 is 4.79 Å². The van der Waals surface area contributed by atoms with Gasteiger partial charge in [0.2, 0.25) is 0 Å². The van der Waals surface area contributed by atoms with Crippen LogP contribution in [0.5, 0.6) is 0 Å². The van der Waals surface area contributed by atoms with Crippen molar-refractivity contribution in [1.82, 2.24) is 9.97 Å².